The molecule has 2 unspecified atom stereocenters. The molecule has 1 aliphatic rings. The second-order valence-corrected chi connectivity index (χ2v) is 6.50. The van der Waals surface area contributed by atoms with Gasteiger partial charge in [-0.15, -0.1) is 0 Å². The van der Waals surface area contributed by atoms with Crippen LogP contribution in [0.2, 0.25) is 0 Å². The van der Waals surface area contributed by atoms with E-state index < -0.39 is 22.7 Å². The fourth-order valence-electron chi connectivity index (χ4n) is 3.98. The number of nitrogens with two attached hydrogens (primary N) is 1. The van der Waals surface area contributed by atoms with Crippen LogP contribution in [0.3, 0.4) is 0 Å². The van der Waals surface area contributed by atoms with Crippen molar-refractivity contribution in [3.8, 4) is 30.3 Å². The Hall–Kier alpha value is -4.71. The summed E-state index contributed by atoms with van der Waals surface area (Å²) in [6, 6.07) is 16.1. The number of hydrogen-bond acceptors (Lipinski definition) is 8. The molecule has 0 saturated heterocycles. The van der Waals surface area contributed by atoms with Crippen molar-refractivity contribution >= 4 is 0 Å². The van der Waals surface area contributed by atoms with Crippen LogP contribution in [0.25, 0.3) is 0 Å². The molecule has 2 heterocycles. The number of nitrogens with zero attached hydrogens (tertiary/aromatic N) is 7. The number of rotatable bonds is 2. The summed E-state index contributed by atoms with van der Waals surface area (Å²) in [5, 5.41) is 50.3. The predicted octanol–water partition coefficient (Wildman–Crippen LogP) is 2.16. The molecule has 2 aromatic heterocycles. The SMILES string of the molecule is N#CC1=C(N)C(C#N)(C#N)C(c2cccnc2)C(C#N)(C#N)C1c1cccnc1. The third-order valence-electron chi connectivity index (χ3n) is 5.23. The predicted molar refractivity (Wildman–Crippen MR) is 98.1 cm³/mol. The van der Waals surface area contributed by atoms with Crippen molar-refractivity contribution in [2.24, 2.45) is 16.6 Å². The molecule has 0 saturated carbocycles. The van der Waals surface area contributed by atoms with Crippen molar-refractivity contribution in [3.63, 3.8) is 0 Å². The minimum Gasteiger partial charge on any atom is -0.399 e. The first-order valence-electron chi connectivity index (χ1n) is 8.41. The molecule has 0 radical (unpaired) electrons. The van der Waals surface area contributed by atoms with Gasteiger partial charge in [-0.25, -0.2) is 0 Å². The van der Waals surface area contributed by atoms with E-state index in [4.69, 9.17) is 5.73 Å². The van der Waals surface area contributed by atoms with Crippen LogP contribution in [-0.4, -0.2) is 9.97 Å². The molecule has 1 aliphatic carbocycles. The van der Waals surface area contributed by atoms with Crippen LogP contribution in [0.4, 0.5) is 0 Å². The molecule has 0 bridgehead atoms. The van der Waals surface area contributed by atoms with Gasteiger partial charge in [0.25, 0.3) is 0 Å². The summed E-state index contributed by atoms with van der Waals surface area (Å²) in [4.78, 5) is 8.05. The molecule has 2 N–H and O–H groups in total. The lowest BCUT2D eigenvalue weighted by molar-refractivity contribution is 0.256. The summed E-state index contributed by atoms with van der Waals surface area (Å²) in [7, 11) is 0. The zero-order valence-electron chi connectivity index (χ0n) is 15.0. The molecule has 8 heteroatoms. The van der Waals surface area contributed by atoms with Gasteiger partial charge in [0.2, 0.25) is 0 Å². The monoisotopic (exact) mass is 376 g/mol. The number of nitriles is 5. The van der Waals surface area contributed by atoms with E-state index in [-0.39, 0.29) is 11.3 Å². The topological polar surface area (TPSA) is 171 Å². The first-order valence-corrected chi connectivity index (χ1v) is 8.41. The molecule has 29 heavy (non-hydrogen) atoms. The Morgan fingerprint density at radius 2 is 1.38 bits per heavy atom. The molecule has 8 nitrogen and oxygen atoms in total. The smallest absolute Gasteiger partial charge is 0.193 e. The van der Waals surface area contributed by atoms with Gasteiger partial charge in [-0.05, 0) is 23.3 Å². The fourth-order valence-corrected chi connectivity index (χ4v) is 3.98. The van der Waals surface area contributed by atoms with Gasteiger partial charge in [-0.1, -0.05) is 12.1 Å². The Balaban J connectivity index is 2.54. The molecular weight excluding hydrogens is 364 g/mol. The van der Waals surface area contributed by atoms with Crippen molar-refractivity contribution in [2.75, 3.05) is 0 Å². The summed E-state index contributed by atoms with van der Waals surface area (Å²) in [6.07, 6.45) is 5.83. The Bertz CT molecular complexity index is 1150. The van der Waals surface area contributed by atoms with E-state index in [1.165, 1.54) is 24.8 Å². The van der Waals surface area contributed by atoms with Gasteiger partial charge >= 0.3 is 0 Å². The van der Waals surface area contributed by atoms with Crippen molar-refractivity contribution < 1.29 is 0 Å². The Morgan fingerprint density at radius 3 is 1.79 bits per heavy atom. The highest BCUT2D eigenvalue weighted by molar-refractivity contribution is 5.59. The van der Waals surface area contributed by atoms with E-state index in [9.17, 15) is 26.3 Å². The highest BCUT2D eigenvalue weighted by Crippen LogP contribution is 2.62. The zero-order chi connectivity index (χ0) is 21.1. The van der Waals surface area contributed by atoms with E-state index in [1.807, 2.05) is 30.3 Å². The lowest BCUT2D eigenvalue weighted by atomic mass is 9.49. The van der Waals surface area contributed by atoms with Gasteiger partial charge in [-0.3, -0.25) is 9.97 Å². The molecule has 2 aromatic rings. The standard InChI is InChI=1S/C21H12N8/c22-7-16-17(14-3-1-5-28-8-14)20(10-23,11-24)18(15-4-2-6-29-9-15)21(12-25,13-26)19(16)27/h1-6,8-9,17-18H,27H2. The molecule has 0 fully saturated rings. The quantitative estimate of drug-likeness (QED) is 0.830. The van der Waals surface area contributed by atoms with Gasteiger partial charge in [0.15, 0.2) is 10.8 Å². The van der Waals surface area contributed by atoms with Crippen LogP contribution in [0, 0.1) is 67.5 Å². The average Bonchev–Trinajstić information content (AvgIpc) is 2.79. The molecule has 0 aromatic carbocycles. The van der Waals surface area contributed by atoms with E-state index in [2.05, 4.69) is 9.97 Å². The molecule has 136 valence electrons. The first-order chi connectivity index (χ1) is 14.1. The van der Waals surface area contributed by atoms with Gasteiger partial charge in [0.1, 0.15) is 0 Å². The summed E-state index contributed by atoms with van der Waals surface area (Å²) < 4.78 is 0. The lowest BCUT2D eigenvalue weighted by Crippen LogP contribution is -2.50. The Labute approximate surface area is 167 Å². The lowest BCUT2D eigenvalue weighted by Gasteiger charge is -2.46. The van der Waals surface area contributed by atoms with E-state index in [1.54, 1.807) is 24.3 Å². The Morgan fingerprint density at radius 1 is 0.828 bits per heavy atom. The van der Waals surface area contributed by atoms with Gasteiger partial charge in [-0.2, -0.15) is 26.3 Å². The maximum atomic E-state index is 10.2. The second kappa shape index (κ2) is 7.13. The summed E-state index contributed by atoms with van der Waals surface area (Å²) in [5.41, 5.74) is 2.45. The number of pyridine rings is 2. The zero-order valence-corrected chi connectivity index (χ0v) is 15.0. The molecule has 0 aliphatic heterocycles. The van der Waals surface area contributed by atoms with Crippen LogP contribution in [0.5, 0.6) is 0 Å². The number of hydrogen-bond donors (Lipinski definition) is 1. The summed E-state index contributed by atoms with van der Waals surface area (Å²) >= 11 is 0. The molecule has 3 rings (SSSR count). The maximum absolute atomic E-state index is 10.2. The third-order valence-corrected chi connectivity index (χ3v) is 5.23. The minimum atomic E-state index is -2.10. The Kier molecular flexibility index (Phi) is 4.69. The van der Waals surface area contributed by atoms with Crippen molar-refractivity contribution in [1.29, 1.82) is 26.3 Å². The van der Waals surface area contributed by atoms with Crippen LogP contribution < -0.4 is 5.73 Å². The van der Waals surface area contributed by atoms with Crippen molar-refractivity contribution in [2.45, 2.75) is 11.8 Å². The summed E-state index contributed by atoms with van der Waals surface area (Å²) in [6.45, 7) is 0. The van der Waals surface area contributed by atoms with Gasteiger partial charge < -0.3 is 5.73 Å². The van der Waals surface area contributed by atoms with Crippen LogP contribution >= 0.6 is 0 Å². The van der Waals surface area contributed by atoms with Crippen molar-refractivity contribution in [3.05, 3.63) is 71.4 Å². The largest absolute Gasteiger partial charge is 0.399 e. The van der Waals surface area contributed by atoms with Crippen molar-refractivity contribution in [1.82, 2.24) is 9.97 Å². The normalized spacial score (nSPS) is 21.5. The number of aromatic nitrogens is 2. The van der Waals surface area contributed by atoms with Gasteiger partial charge in [0.05, 0.1) is 53.5 Å². The van der Waals surface area contributed by atoms with E-state index in [0.717, 1.165) is 0 Å². The van der Waals surface area contributed by atoms with Crippen LogP contribution in [-0.2, 0) is 0 Å². The van der Waals surface area contributed by atoms with Gasteiger partial charge in [0, 0.05) is 24.8 Å². The maximum Gasteiger partial charge on any atom is 0.193 e. The highest BCUT2D eigenvalue weighted by Gasteiger charge is 2.64. The van der Waals surface area contributed by atoms with E-state index >= 15 is 0 Å². The molecule has 0 spiro atoms. The minimum absolute atomic E-state index is 0.163. The molecular formula is C21H12N8. The first kappa shape index (κ1) is 19.1. The van der Waals surface area contributed by atoms with Crippen LogP contribution in [0.1, 0.15) is 23.0 Å². The second-order valence-electron chi connectivity index (χ2n) is 6.50. The van der Waals surface area contributed by atoms with E-state index in [0.29, 0.717) is 11.1 Å². The van der Waals surface area contributed by atoms with Crippen LogP contribution in [0.15, 0.2) is 60.3 Å². The third kappa shape index (κ3) is 2.48. The highest BCUT2D eigenvalue weighted by atomic mass is 14.8. The summed E-state index contributed by atoms with van der Waals surface area (Å²) in [5.74, 6) is -2.37. The number of allylic oxidation sites excluding steroid dienone is 2. The molecule has 2 atom stereocenters. The fraction of sp³-hybridized carbons (Fsp3) is 0.190. The average molecular weight is 376 g/mol. The molecule has 0 amide bonds.